The van der Waals surface area contributed by atoms with Crippen molar-refractivity contribution in [3.8, 4) is 11.3 Å². The molecular formula is C45H62N8O6. The molecule has 5 atom stereocenters. The second-order valence-corrected chi connectivity index (χ2v) is 18.8. The summed E-state index contributed by atoms with van der Waals surface area (Å²) >= 11 is 0. The predicted octanol–water partition coefficient (Wildman–Crippen LogP) is 7.21. The van der Waals surface area contributed by atoms with Gasteiger partial charge in [0.2, 0.25) is 11.8 Å². The van der Waals surface area contributed by atoms with Gasteiger partial charge in [0, 0.05) is 30.4 Å². The molecule has 2 bridgehead atoms. The van der Waals surface area contributed by atoms with Crippen LogP contribution in [-0.2, 0) is 29.9 Å². The average molecular weight is 811 g/mol. The molecule has 0 radical (unpaired) electrons. The van der Waals surface area contributed by atoms with E-state index in [2.05, 4.69) is 58.7 Å². The molecule has 3 aromatic rings. The van der Waals surface area contributed by atoms with E-state index >= 15 is 0 Å². The molecule has 14 heteroatoms. The minimum absolute atomic E-state index is 0.0201. The zero-order valence-corrected chi connectivity index (χ0v) is 35.6. The number of fused-ring (bicyclic) bond motifs is 3. The quantitative estimate of drug-likeness (QED) is 0.148. The number of nitrogens with one attached hydrogen (secondary N) is 4. The van der Waals surface area contributed by atoms with Gasteiger partial charge in [-0.3, -0.25) is 9.59 Å². The summed E-state index contributed by atoms with van der Waals surface area (Å²) in [5.74, 6) is 2.07. The van der Waals surface area contributed by atoms with Gasteiger partial charge in [0.05, 0.1) is 38.2 Å². The summed E-state index contributed by atoms with van der Waals surface area (Å²) in [6.07, 6.45) is 13.9. The van der Waals surface area contributed by atoms with Gasteiger partial charge in [-0.15, -0.1) is 0 Å². The number of rotatable bonds is 12. The van der Waals surface area contributed by atoms with E-state index < -0.39 is 23.8 Å². The Bertz CT molecular complexity index is 2020. The van der Waals surface area contributed by atoms with Gasteiger partial charge in [0.1, 0.15) is 23.2 Å². The van der Waals surface area contributed by atoms with Gasteiger partial charge in [-0.2, -0.15) is 0 Å². The van der Waals surface area contributed by atoms with Gasteiger partial charge in [0.15, 0.2) is 0 Å². The van der Waals surface area contributed by atoms with Crippen molar-refractivity contribution in [2.45, 2.75) is 139 Å². The van der Waals surface area contributed by atoms with E-state index in [1.807, 2.05) is 36.0 Å². The van der Waals surface area contributed by atoms with Crippen molar-refractivity contribution in [1.29, 1.82) is 0 Å². The number of ether oxygens (including phenoxy) is 2. The van der Waals surface area contributed by atoms with E-state index in [1.165, 1.54) is 25.5 Å². The van der Waals surface area contributed by atoms with Crippen molar-refractivity contribution >= 4 is 24.0 Å². The molecule has 4 N–H and O–H groups in total. The summed E-state index contributed by atoms with van der Waals surface area (Å²) in [7, 11) is 2.65. The number of alkyl carbamates (subject to hydrolysis) is 2. The summed E-state index contributed by atoms with van der Waals surface area (Å²) in [5, 5.41) is 5.67. The molecule has 4 aliphatic carbocycles. The topological polar surface area (TPSA) is 175 Å². The summed E-state index contributed by atoms with van der Waals surface area (Å²) in [6, 6.07) is 8.01. The average Bonchev–Trinajstić information content (AvgIpc) is 3.88. The highest BCUT2D eigenvalue weighted by Gasteiger charge is 2.64. The van der Waals surface area contributed by atoms with Crippen LogP contribution in [0.25, 0.3) is 11.3 Å². The van der Waals surface area contributed by atoms with E-state index in [4.69, 9.17) is 19.4 Å². The van der Waals surface area contributed by atoms with E-state index in [9.17, 15) is 19.2 Å². The molecule has 0 spiro atoms. The minimum atomic E-state index is -0.906. The van der Waals surface area contributed by atoms with Gasteiger partial charge >= 0.3 is 12.2 Å². The molecule has 9 rings (SSSR count). The number of carbonyl (C=O) groups excluding carboxylic acids is 4. The van der Waals surface area contributed by atoms with Crippen LogP contribution >= 0.6 is 0 Å². The maximum Gasteiger partial charge on any atom is 0.407 e. The Morgan fingerprint density at radius 2 is 1.39 bits per heavy atom. The molecular weight excluding hydrogens is 749 g/mol. The van der Waals surface area contributed by atoms with Crippen LogP contribution in [0.5, 0.6) is 0 Å². The molecule has 59 heavy (non-hydrogen) atoms. The van der Waals surface area contributed by atoms with Gasteiger partial charge in [0.25, 0.3) is 0 Å². The van der Waals surface area contributed by atoms with Crippen LogP contribution in [0.15, 0.2) is 36.7 Å². The number of nitrogens with zero attached hydrogens (tertiary/aromatic N) is 4. The van der Waals surface area contributed by atoms with Gasteiger partial charge in [-0.05, 0) is 111 Å². The number of likely N-dealkylation sites (tertiary alicyclic amines) is 2. The Hall–Kier alpha value is -4.88. The lowest BCUT2D eigenvalue weighted by molar-refractivity contribution is -0.136. The van der Waals surface area contributed by atoms with Gasteiger partial charge in [-0.1, -0.05) is 52.0 Å². The van der Waals surface area contributed by atoms with Gasteiger partial charge in [-0.25, -0.2) is 19.6 Å². The number of H-pyrrole nitrogens is 2. The van der Waals surface area contributed by atoms with Crippen LogP contribution in [-0.4, -0.2) is 92.6 Å². The number of benzene rings is 1. The van der Waals surface area contributed by atoms with Crippen LogP contribution in [0.4, 0.5) is 9.59 Å². The second-order valence-electron chi connectivity index (χ2n) is 18.8. The first kappa shape index (κ1) is 40.9. The molecule has 318 valence electrons. The fraction of sp³-hybridized carbons (Fsp3) is 0.644. The monoisotopic (exact) mass is 810 g/mol. The van der Waals surface area contributed by atoms with Crippen LogP contribution < -0.4 is 10.6 Å². The van der Waals surface area contributed by atoms with Crippen molar-refractivity contribution < 1.29 is 28.7 Å². The molecule has 4 heterocycles. The first-order valence-electron chi connectivity index (χ1n) is 21.9. The van der Waals surface area contributed by atoms with Crippen LogP contribution in [0.3, 0.4) is 0 Å². The maximum atomic E-state index is 14.1. The summed E-state index contributed by atoms with van der Waals surface area (Å²) in [5.41, 5.74) is 3.85. The fourth-order valence-corrected chi connectivity index (χ4v) is 11.2. The zero-order valence-electron chi connectivity index (χ0n) is 35.6. The number of carbonyl (C=O) groups is 4. The highest BCUT2D eigenvalue weighted by molar-refractivity contribution is 5.94. The lowest BCUT2D eigenvalue weighted by atomic mass is 9.51. The van der Waals surface area contributed by atoms with Crippen molar-refractivity contribution in [2.24, 2.45) is 17.8 Å². The smallest absolute Gasteiger partial charge is 0.407 e. The molecule has 4 saturated carbocycles. The lowest BCUT2D eigenvalue weighted by Gasteiger charge is -2.53. The number of aromatic nitrogens is 4. The first-order chi connectivity index (χ1) is 28.3. The first-order valence-corrected chi connectivity index (χ1v) is 21.9. The molecule has 2 aromatic heterocycles. The van der Waals surface area contributed by atoms with E-state index in [-0.39, 0.29) is 52.5 Å². The third-order valence-corrected chi connectivity index (χ3v) is 14.7. The zero-order chi connectivity index (χ0) is 41.7. The fourth-order valence-electron chi connectivity index (χ4n) is 11.2. The standard InChI is InChI=1S/C45H62N8O6/c1-27(2)23-32(49-41(56)58-5)39(54)52-21-7-9-34(52)37-46-25-33(48-37)29-11-13-30(14-12-29)43-15-18-44(19-16-43,20-17-43)36-26-47-38(50-36)35-10-8-22-53(35)40(55)45(51-42(57)59-6)24-31(45)28(3)4/h11-14,25-28,31-32,34-35H,7-10,15-24H2,1-6H3,(H,46,48)(H,47,50)(H,49,56)(H,51,57)/t31?,32-,34-,35-,43?,44?,45?/m0/s1. The number of amides is 4. The molecule has 14 nitrogen and oxygen atoms in total. The molecule has 2 unspecified atom stereocenters. The SMILES string of the molecule is COC(=O)N[C@@H](CC(C)C)C(=O)N1CCC[C@H]1c1ncc(-c2ccc(C34CCC(c5cnc([C@@H]6CCCN6C(=O)C6(NC(=O)OC)CC6C(C)C)[nH]5)(CC3)CC4)cc2)[nH]1. The maximum absolute atomic E-state index is 14.1. The summed E-state index contributed by atoms with van der Waals surface area (Å²) in [6.45, 7) is 9.54. The normalized spacial score (nSPS) is 29.2. The van der Waals surface area contributed by atoms with Crippen molar-refractivity contribution in [3.05, 3.63) is 59.6 Å². The van der Waals surface area contributed by atoms with E-state index in [0.717, 1.165) is 87.1 Å². The Morgan fingerprint density at radius 3 is 2.00 bits per heavy atom. The highest BCUT2D eigenvalue weighted by Crippen LogP contribution is 2.59. The molecule has 6 fully saturated rings. The molecule has 2 saturated heterocycles. The minimum Gasteiger partial charge on any atom is -0.453 e. The highest BCUT2D eigenvalue weighted by atomic mass is 16.5. The number of hydrogen-bond donors (Lipinski definition) is 4. The van der Waals surface area contributed by atoms with E-state index in [1.54, 1.807) is 0 Å². The predicted molar refractivity (Wildman–Crippen MR) is 221 cm³/mol. The second kappa shape index (κ2) is 15.9. The van der Waals surface area contributed by atoms with Crippen LogP contribution in [0.1, 0.15) is 140 Å². The van der Waals surface area contributed by atoms with Crippen LogP contribution in [0, 0.1) is 17.8 Å². The number of methoxy groups -OCH3 is 2. The Balaban J connectivity index is 0.912. The Labute approximate surface area is 347 Å². The van der Waals surface area contributed by atoms with Gasteiger partial charge < -0.3 is 39.9 Å². The number of hydrogen-bond acceptors (Lipinski definition) is 8. The largest absolute Gasteiger partial charge is 0.453 e. The molecule has 4 amide bonds. The van der Waals surface area contributed by atoms with Crippen molar-refractivity contribution in [1.82, 2.24) is 40.4 Å². The molecule has 6 aliphatic rings. The van der Waals surface area contributed by atoms with E-state index in [0.29, 0.717) is 25.9 Å². The lowest BCUT2D eigenvalue weighted by Crippen LogP contribution is -2.52. The Kier molecular flexibility index (Phi) is 11.1. The number of imidazole rings is 2. The summed E-state index contributed by atoms with van der Waals surface area (Å²) in [4.78, 5) is 73.0. The van der Waals surface area contributed by atoms with Crippen LogP contribution in [0.2, 0.25) is 0 Å². The molecule has 2 aliphatic heterocycles. The summed E-state index contributed by atoms with van der Waals surface area (Å²) < 4.78 is 9.73. The molecule has 1 aromatic carbocycles. The van der Waals surface area contributed by atoms with Crippen molar-refractivity contribution in [2.75, 3.05) is 27.3 Å². The Morgan fingerprint density at radius 1 is 0.797 bits per heavy atom. The third-order valence-electron chi connectivity index (χ3n) is 14.7. The third kappa shape index (κ3) is 7.49. The number of aromatic amines is 2. The van der Waals surface area contributed by atoms with Crippen molar-refractivity contribution in [3.63, 3.8) is 0 Å².